The van der Waals surface area contributed by atoms with Crippen LogP contribution in [0.25, 0.3) is 0 Å². The third kappa shape index (κ3) is 11.8. The molecule has 1 N–H and O–H groups in total. The monoisotopic (exact) mass is 356 g/mol. The molecule has 0 aliphatic carbocycles. The SMILES string of the molecule is CC(C)CCCCC=CC[C@@H](C(=O)OC(C)C)[C@H](O)C(=O)OC(C)C. The number of carbonyl (C=O) groups is 2. The Morgan fingerprint density at radius 3 is 1.96 bits per heavy atom. The third-order valence-corrected chi connectivity index (χ3v) is 3.59. The summed E-state index contributed by atoms with van der Waals surface area (Å²) in [4.78, 5) is 24.1. The van der Waals surface area contributed by atoms with E-state index in [9.17, 15) is 14.7 Å². The highest BCUT2D eigenvalue weighted by Crippen LogP contribution is 2.17. The van der Waals surface area contributed by atoms with Crippen molar-refractivity contribution in [3.05, 3.63) is 12.2 Å². The summed E-state index contributed by atoms with van der Waals surface area (Å²) in [5.41, 5.74) is 0. The molecule has 0 aromatic rings. The van der Waals surface area contributed by atoms with Crippen LogP contribution in [0.5, 0.6) is 0 Å². The van der Waals surface area contributed by atoms with Gasteiger partial charge < -0.3 is 14.6 Å². The second kappa shape index (κ2) is 12.9. The number of rotatable bonds is 12. The number of hydrogen-bond acceptors (Lipinski definition) is 5. The Morgan fingerprint density at radius 1 is 0.880 bits per heavy atom. The smallest absolute Gasteiger partial charge is 0.336 e. The van der Waals surface area contributed by atoms with Crippen molar-refractivity contribution in [3.63, 3.8) is 0 Å². The molecule has 25 heavy (non-hydrogen) atoms. The number of aliphatic hydroxyl groups is 1. The van der Waals surface area contributed by atoms with Gasteiger partial charge in [0.25, 0.3) is 0 Å². The van der Waals surface area contributed by atoms with Crippen LogP contribution in [-0.2, 0) is 19.1 Å². The molecule has 0 fully saturated rings. The van der Waals surface area contributed by atoms with Gasteiger partial charge in [0, 0.05) is 0 Å². The number of allylic oxidation sites excluding steroid dienone is 2. The summed E-state index contributed by atoms with van der Waals surface area (Å²) in [6, 6.07) is 0. The minimum absolute atomic E-state index is 0.254. The first kappa shape index (κ1) is 23.6. The van der Waals surface area contributed by atoms with Crippen LogP contribution in [0.3, 0.4) is 0 Å². The van der Waals surface area contributed by atoms with Crippen LogP contribution in [0, 0.1) is 11.8 Å². The minimum atomic E-state index is -1.51. The molecule has 0 heterocycles. The van der Waals surface area contributed by atoms with Crippen LogP contribution in [0.4, 0.5) is 0 Å². The molecule has 0 saturated heterocycles. The predicted octanol–water partition coefficient (Wildman–Crippen LogP) is 4.03. The van der Waals surface area contributed by atoms with Gasteiger partial charge in [-0.1, -0.05) is 38.8 Å². The van der Waals surface area contributed by atoms with Gasteiger partial charge in [-0.25, -0.2) is 4.79 Å². The number of carbonyl (C=O) groups excluding carboxylic acids is 2. The average molecular weight is 357 g/mol. The number of unbranched alkanes of at least 4 members (excludes halogenated alkanes) is 2. The molecule has 0 saturated carbocycles. The van der Waals surface area contributed by atoms with E-state index < -0.39 is 24.0 Å². The predicted molar refractivity (Wildman–Crippen MR) is 99.0 cm³/mol. The summed E-state index contributed by atoms with van der Waals surface area (Å²) in [5.74, 6) is -1.60. The Kier molecular flexibility index (Phi) is 12.2. The molecule has 0 spiro atoms. The van der Waals surface area contributed by atoms with Crippen LogP contribution >= 0.6 is 0 Å². The quantitative estimate of drug-likeness (QED) is 0.325. The highest BCUT2D eigenvalue weighted by molar-refractivity contribution is 5.84. The van der Waals surface area contributed by atoms with Crippen molar-refractivity contribution in [2.45, 2.75) is 92.0 Å². The van der Waals surface area contributed by atoms with Crippen molar-refractivity contribution in [1.82, 2.24) is 0 Å². The van der Waals surface area contributed by atoms with Gasteiger partial charge in [-0.2, -0.15) is 0 Å². The molecule has 0 radical (unpaired) electrons. The van der Waals surface area contributed by atoms with E-state index in [1.807, 2.05) is 12.2 Å². The Hall–Kier alpha value is -1.36. The highest BCUT2D eigenvalue weighted by Gasteiger charge is 2.34. The number of esters is 2. The van der Waals surface area contributed by atoms with Crippen molar-refractivity contribution in [3.8, 4) is 0 Å². The van der Waals surface area contributed by atoms with E-state index in [4.69, 9.17) is 9.47 Å². The molecular weight excluding hydrogens is 320 g/mol. The van der Waals surface area contributed by atoms with Crippen LogP contribution in [-0.4, -0.2) is 35.4 Å². The first-order valence-corrected chi connectivity index (χ1v) is 9.39. The summed E-state index contributed by atoms with van der Waals surface area (Å²) in [7, 11) is 0. The summed E-state index contributed by atoms with van der Waals surface area (Å²) < 4.78 is 10.2. The Bertz CT molecular complexity index is 412. The maximum Gasteiger partial charge on any atom is 0.336 e. The Morgan fingerprint density at radius 2 is 1.44 bits per heavy atom. The van der Waals surface area contributed by atoms with Crippen LogP contribution in [0.2, 0.25) is 0 Å². The summed E-state index contributed by atoms with van der Waals surface area (Å²) >= 11 is 0. The van der Waals surface area contributed by atoms with Gasteiger partial charge >= 0.3 is 11.9 Å². The van der Waals surface area contributed by atoms with Crippen molar-refractivity contribution in [1.29, 1.82) is 0 Å². The number of aliphatic hydroxyl groups excluding tert-OH is 1. The molecule has 0 aromatic carbocycles. The molecule has 5 heteroatoms. The van der Waals surface area contributed by atoms with Gasteiger partial charge in [0.15, 0.2) is 6.10 Å². The van der Waals surface area contributed by atoms with Gasteiger partial charge in [0.2, 0.25) is 0 Å². The van der Waals surface area contributed by atoms with E-state index in [1.54, 1.807) is 27.7 Å². The molecular formula is C20H36O5. The molecule has 0 aromatic heterocycles. The standard InChI is InChI=1S/C20H36O5/c1-14(2)12-10-8-7-9-11-13-17(19(22)24-15(3)4)18(21)20(23)25-16(5)6/h9,11,14-18,21H,7-8,10,12-13H2,1-6H3/t17-,18+/m1/s1. The first-order valence-electron chi connectivity index (χ1n) is 9.39. The van der Waals surface area contributed by atoms with Gasteiger partial charge in [0.05, 0.1) is 18.1 Å². The second-order valence-corrected chi connectivity index (χ2v) is 7.41. The second-order valence-electron chi connectivity index (χ2n) is 7.41. The largest absolute Gasteiger partial charge is 0.463 e. The van der Waals surface area contributed by atoms with E-state index in [1.165, 1.54) is 12.8 Å². The molecule has 5 nitrogen and oxygen atoms in total. The lowest BCUT2D eigenvalue weighted by Gasteiger charge is -2.21. The molecule has 0 amide bonds. The van der Waals surface area contributed by atoms with E-state index in [-0.39, 0.29) is 18.6 Å². The van der Waals surface area contributed by atoms with Crippen molar-refractivity contribution in [2.75, 3.05) is 0 Å². The topological polar surface area (TPSA) is 72.8 Å². The normalized spacial score (nSPS) is 14.3. The summed E-state index contributed by atoms with van der Waals surface area (Å²) in [5, 5.41) is 10.2. The van der Waals surface area contributed by atoms with Gasteiger partial charge in [0.1, 0.15) is 0 Å². The average Bonchev–Trinajstić information content (AvgIpc) is 2.47. The molecule has 0 rings (SSSR count). The zero-order chi connectivity index (χ0) is 19.4. The highest BCUT2D eigenvalue weighted by atomic mass is 16.6. The zero-order valence-corrected chi connectivity index (χ0v) is 16.7. The van der Waals surface area contributed by atoms with Gasteiger partial charge in [-0.05, 0) is 52.9 Å². The lowest BCUT2D eigenvalue weighted by Crippen LogP contribution is -2.38. The molecule has 0 aliphatic heterocycles. The number of ether oxygens (including phenoxy) is 2. The third-order valence-electron chi connectivity index (χ3n) is 3.59. The van der Waals surface area contributed by atoms with Crippen LogP contribution < -0.4 is 0 Å². The Balaban J connectivity index is 4.63. The number of hydrogen-bond donors (Lipinski definition) is 1. The summed E-state index contributed by atoms with van der Waals surface area (Å²) in [6.45, 7) is 11.3. The maximum atomic E-state index is 12.2. The van der Waals surface area contributed by atoms with E-state index in [0.29, 0.717) is 5.92 Å². The summed E-state index contributed by atoms with van der Waals surface area (Å²) in [6.07, 6.45) is 6.32. The van der Waals surface area contributed by atoms with Crippen molar-refractivity contribution in [2.24, 2.45) is 11.8 Å². The zero-order valence-electron chi connectivity index (χ0n) is 16.7. The van der Waals surface area contributed by atoms with Crippen LogP contribution in [0.1, 0.15) is 73.6 Å². The molecule has 146 valence electrons. The lowest BCUT2D eigenvalue weighted by molar-refractivity contribution is -0.170. The fourth-order valence-electron chi connectivity index (χ4n) is 2.32. The maximum absolute atomic E-state index is 12.2. The van der Waals surface area contributed by atoms with E-state index >= 15 is 0 Å². The fraction of sp³-hybridized carbons (Fsp3) is 0.800. The van der Waals surface area contributed by atoms with Crippen molar-refractivity contribution < 1.29 is 24.2 Å². The van der Waals surface area contributed by atoms with E-state index in [2.05, 4.69) is 13.8 Å². The molecule has 0 bridgehead atoms. The fourth-order valence-corrected chi connectivity index (χ4v) is 2.32. The van der Waals surface area contributed by atoms with Crippen molar-refractivity contribution >= 4 is 11.9 Å². The van der Waals surface area contributed by atoms with Gasteiger partial charge in [-0.3, -0.25) is 4.79 Å². The molecule has 0 aliphatic rings. The van der Waals surface area contributed by atoms with Crippen LogP contribution in [0.15, 0.2) is 12.2 Å². The lowest BCUT2D eigenvalue weighted by atomic mass is 9.97. The molecule has 0 unspecified atom stereocenters. The minimum Gasteiger partial charge on any atom is -0.463 e. The van der Waals surface area contributed by atoms with Gasteiger partial charge in [-0.15, -0.1) is 0 Å². The van der Waals surface area contributed by atoms with E-state index in [0.717, 1.165) is 12.8 Å². The Labute approximate surface area is 152 Å². The molecule has 2 atom stereocenters. The first-order chi connectivity index (χ1) is 11.6.